The second kappa shape index (κ2) is 5.97. The second-order valence-electron chi connectivity index (χ2n) is 4.73. The van der Waals surface area contributed by atoms with E-state index >= 15 is 0 Å². The van der Waals surface area contributed by atoms with Crippen molar-refractivity contribution in [3.05, 3.63) is 64.7 Å². The highest BCUT2D eigenvalue weighted by Gasteiger charge is 2.20. The van der Waals surface area contributed by atoms with Crippen LogP contribution in [0.1, 0.15) is 28.9 Å². The van der Waals surface area contributed by atoms with Crippen LogP contribution in [0.5, 0.6) is 0 Å². The Morgan fingerprint density at radius 2 is 1.75 bits per heavy atom. The first-order valence-electron chi connectivity index (χ1n) is 6.38. The van der Waals surface area contributed by atoms with Crippen molar-refractivity contribution in [1.82, 2.24) is 4.90 Å². The Bertz CT molecular complexity index is 610. The van der Waals surface area contributed by atoms with E-state index < -0.39 is 0 Å². The Hall–Kier alpha value is -2.00. The number of rotatable bonds is 3. The number of nitrogens with zero attached hydrogens (tertiary/aromatic N) is 1. The lowest BCUT2D eigenvalue weighted by Crippen LogP contribution is -2.30. The van der Waals surface area contributed by atoms with Crippen molar-refractivity contribution >= 4 is 23.2 Å². The molecule has 2 aromatic rings. The van der Waals surface area contributed by atoms with Gasteiger partial charge in [-0.05, 0) is 36.8 Å². The largest absolute Gasteiger partial charge is 0.398 e. The third kappa shape index (κ3) is 2.94. The summed E-state index contributed by atoms with van der Waals surface area (Å²) in [4.78, 5) is 14.1. The molecular weight excluding hydrogens is 272 g/mol. The van der Waals surface area contributed by atoms with Crippen molar-refractivity contribution in [2.45, 2.75) is 13.0 Å². The fourth-order valence-electron chi connectivity index (χ4n) is 2.02. The average Bonchev–Trinajstić information content (AvgIpc) is 2.46. The summed E-state index contributed by atoms with van der Waals surface area (Å²) in [6.07, 6.45) is 0. The highest BCUT2D eigenvalue weighted by atomic mass is 35.5. The topological polar surface area (TPSA) is 46.3 Å². The van der Waals surface area contributed by atoms with E-state index in [0.717, 1.165) is 5.56 Å². The first kappa shape index (κ1) is 14.4. The maximum absolute atomic E-state index is 12.5. The number of nitrogens with two attached hydrogens (primary N) is 1. The van der Waals surface area contributed by atoms with Gasteiger partial charge in [0.15, 0.2) is 0 Å². The monoisotopic (exact) mass is 288 g/mol. The molecule has 0 aliphatic rings. The van der Waals surface area contributed by atoms with Crippen LogP contribution in [0.2, 0.25) is 5.02 Å². The van der Waals surface area contributed by atoms with Gasteiger partial charge in [0.1, 0.15) is 0 Å². The van der Waals surface area contributed by atoms with Gasteiger partial charge in [0, 0.05) is 17.8 Å². The minimum absolute atomic E-state index is 0.0561. The number of nitrogen functional groups attached to an aromatic ring is 1. The molecule has 0 radical (unpaired) electrons. The quantitative estimate of drug-likeness (QED) is 0.874. The van der Waals surface area contributed by atoms with Gasteiger partial charge in [0.05, 0.1) is 11.6 Å². The van der Waals surface area contributed by atoms with Crippen LogP contribution < -0.4 is 5.73 Å². The van der Waals surface area contributed by atoms with Crippen LogP contribution in [0.3, 0.4) is 0 Å². The molecule has 2 aromatic carbocycles. The van der Waals surface area contributed by atoms with Crippen molar-refractivity contribution < 1.29 is 4.79 Å². The normalized spacial score (nSPS) is 11.9. The van der Waals surface area contributed by atoms with Gasteiger partial charge >= 0.3 is 0 Å². The van der Waals surface area contributed by atoms with Crippen LogP contribution in [0.25, 0.3) is 0 Å². The van der Waals surface area contributed by atoms with E-state index in [0.29, 0.717) is 16.3 Å². The van der Waals surface area contributed by atoms with Gasteiger partial charge < -0.3 is 10.6 Å². The molecule has 0 heterocycles. The third-order valence-electron chi connectivity index (χ3n) is 3.44. The minimum Gasteiger partial charge on any atom is -0.398 e. The van der Waals surface area contributed by atoms with E-state index in [1.54, 1.807) is 24.1 Å². The second-order valence-corrected chi connectivity index (χ2v) is 5.17. The molecule has 1 unspecified atom stereocenters. The van der Waals surface area contributed by atoms with Gasteiger partial charge in [-0.25, -0.2) is 0 Å². The van der Waals surface area contributed by atoms with E-state index in [2.05, 4.69) is 0 Å². The summed E-state index contributed by atoms with van der Waals surface area (Å²) in [6.45, 7) is 1.97. The van der Waals surface area contributed by atoms with Crippen molar-refractivity contribution in [2.24, 2.45) is 0 Å². The molecular formula is C16H17ClN2O. The van der Waals surface area contributed by atoms with Gasteiger partial charge in [0.2, 0.25) is 0 Å². The Morgan fingerprint density at radius 3 is 2.35 bits per heavy atom. The number of para-hydroxylation sites is 1. The molecule has 1 amide bonds. The van der Waals surface area contributed by atoms with E-state index in [4.69, 9.17) is 17.3 Å². The first-order chi connectivity index (χ1) is 9.50. The molecule has 2 rings (SSSR count). The Morgan fingerprint density at radius 1 is 1.15 bits per heavy atom. The number of carbonyl (C=O) groups is 1. The zero-order valence-electron chi connectivity index (χ0n) is 11.5. The molecule has 0 aromatic heterocycles. The average molecular weight is 289 g/mol. The predicted molar refractivity (Wildman–Crippen MR) is 82.8 cm³/mol. The molecule has 104 valence electrons. The standard InChI is InChI=1S/C16H17ClN2O/c1-11(12-7-9-13(17)10-8-12)19(2)16(20)14-5-3-4-6-15(14)18/h3-11H,18H2,1-2H3. The highest BCUT2D eigenvalue weighted by Crippen LogP contribution is 2.23. The third-order valence-corrected chi connectivity index (χ3v) is 3.70. The van der Waals surface area contributed by atoms with Gasteiger partial charge in [-0.1, -0.05) is 35.9 Å². The fraction of sp³-hybridized carbons (Fsp3) is 0.188. The van der Waals surface area contributed by atoms with Gasteiger partial charge in [-0.2, -0.15) is 0 Å². The van der Waals surface area contributed by atoms with Gasteiger partial charge in [-0.3, -0.25) is 4.79 Å². The number of hydrogen-bond acceptors (Lipinski definition) is 2. The van der Waals surface area contributed by atoms with Gasteiger partial charge in [0.25, 0.3) is 5.91 Å². The number of amides is 1. The summed E-state index contributed by atoms with van der Waals surface area (Å²) in [5.74, 6) is -0.0921. The molecule has 3 nitrogen and oxygen atoms in total. The smallest absolute Gasteiger partial charge is 0.256 e. The van der Waals surface area contributed by atoms with Crippen LogP contribution in [0.15, 0.2) is 48.5 Å². The maximum atomic E-state index is 12.5. The highest BCUT2D eigenvalue weighted by molar-refractivity contribution is 6.30. The predicted octanol–water partition coefficient (Wildman–Crippen LogP) is 3.76. The van der Waals surface area contributed by atoms with E-state index in [1.165, 1.54) is 0 Å². The van der Waals surface area contributed by atoms with Crippen molar-refractivity contribution in [3.8, 4) is 0 Å². The van der Waals surface area contributed by atoms with Crippen LogP contribution in [-0.4, -0.2) is 17.9 Å². The lowest BCUT2D eigenvalue weighted by Gasteiger charge is -2.26. The summed E-state index contributed by atoms with van der Waals surface area (Å²) in [7, 11) is 1.77. The molecule has 4 heteroatoms. The molecule has 0 aliphatic carbocycles. The van der Waals surface area contributed by atoms with Gasteiger partial charge in [-0.15, -0.1) is 0 Å². The zero-order chi connectivity index (χ0) is 14.7. The lowest BCUT2D eigenvalue weighted by atomic mass is 10.1. The SMILES string of the molecule is CC(c1ccc(Cl)cc1)N(C)C(=O)c1ccccc1N. The summed E-state index contributed by atoms with van der Waals surface area (Å²) >= 11 is 5.88. The molecule has 0 aliphatic heterocycles. The molecule has 0 bridgehead atoms. The van der Waals surface area contributed by atoms with Crippen LogP contribution >= 0.6 is 11.6 Å². The number of hydrogen-bond donors (Lipinski definition) is 1. The lowest BCUT2D eigenvalue weighted by molar-refractivity contribution is 0.0743. The Balaban J connectivity index is 2.22. The molecule has 0 saturated carbocycles. The number of anilines is 1. The Kier molecular flexibility index (Phi) is 4.30. The van der Waals surface area contributed by atoms with E-state index in [-0.39, 0.29) is 11.9 Å². The maximum Gasteiger partial charge on any atom is 0.256 e. The van der Waals surface area contributed by atoms with Crippen LogP contribution in [-0.2, 0) is 0 Å². The zero-order valence-corrected chi connectivity index (χ0v) is 12.3. The molecule has 1 atom stereocenters. The summed E-state index contributed by atoms with van der Waals surface area (Å²) in [5.41, 5.74) is 7.90. The molecule has 2 N–H and O–H groups in total. The van der Waals surface area contributed by atoms with Crippen molar-refractivity contribution in [2.75, 3.05) is 12.8 Å². The van der Waals surface area contributed by atoms with Crippen LogP contribution in [0, 0.1) is 0 Å². The number of carbonyl (C=O) groups excluding carboxylic acids is 1. The van der Waals surface area contributed by atoms with Crippen LogP contribution in [0.4, 0.5) is 5.69 Å². The Labute approximate surface area is 124 Å². The summed E-state index contributed by atoms with van der Waals surface area (Å²) < 4.78 is 0. The molecule has 0 fully saturated rings. The van der Waals surface area contributed by atoms with E-state index in [1.807, 2.05) is 43.3 Å². The summed E-state index contributed by atoms with van der Waals surface area (Å²) in [5, 5.41) is 0.683. The first-order valence-corrected chi connectivity index (χ1v) is 6.75. The number of halogens is 1. The molecule has 0 saturated heterocycles. The fourth-order valence-corrected chi connectivity index (χ4v) is 2.15. The molecule has 20 heavy (non-hydrogen) atoms. The molecule has 0 spiro atoms. The minimum atomic E-state index is -0.0921. The summed E-state index contributed by atoms with van der Waals surface area (Å²) in [6, 6.07) is 14.5. The van der Waals surface area contributed by atoms with Crippen molar-refractivity contribution in [1.29, 1.82) is 0 Å². The van der Waals surface area contributed by atoms with Crippen molar-refractivity contribution in [3.63, 3.8) is 0 Å². The van der Waals surface area contributed by atoms with E-state index in [9.17, 15) is 4.79 Å². The number of benzene rings is 2.